The third-order valence-electron chi connectivity index (χ3n) is 9.34. The predicted octanol–water partition coefficient (Wildman–Crippen LogP) is 5.26. The lowest BCUT2D eigenvalue weighted by Crippen LogP contribution is -2.69. The maximum atomic E-state index is 14.4. The quantitative estimate of drug-likeness (QED) is 0.363. The molecule has 0 radical (unpaired) electrons. The number of benzene rings is 2. The van der Waals surface area contributed by atoms with Crippen LogP contribution in [0.5, 0.6) is 11.5 Å². The largest absolute Gasteiger partial charge is 0.508 e. The van der Waals surface area contributed by atoms with Crippen LogP contribution < -0.4 is 4.74 Å². The van der Waals surface area contributed by atoms with Gasteiger partial charge in [-0.3, -0.25) is 14.4 Å². The number of aliphatic hydroxyl groups is 3. The number of allylic oxidation sites excluding steroid dienone is 1. The molecule has 1 unspecified atom stereocenters. The third-order valence-corrected chi connectivity index (χ3v) is 9.34. The van der Waals surface area contributed by atoms with Crippen LogP contribution in [0.1, 0.15) is 59.1 Å². The van der Waals surface area contributed by atoms with Gasteiger partial charge in [0.25, 0.3) is 0 Å². The number of carbonyl (C=O) groups excluding carboxylic acids is 3. The van der Waals surface area contributed by atoms with Gasteiger partial charge >= 0.3 is 0 Å². The van der Waals surface area contributed by atoms with E-state index in [1.165, 1.54) is 6.07 Å². The average molecular weight is 561 g/mol. The number of carbonyl (C=O) groups is 3. The van der Waals surface area contributed by atoms with Crippen molar-refractivity contribution in [3.05, 3.63) is 64.4 Å². The molecule has 2 aromatic rings. The van der Waals surface area contributed by atoms with Gasteiger partial charge in [-0.05, 0) is 67.5 Å². The van der Waals surface area contributed by atoms with Gasteiger partial charge in [-0.2, -0.15) is 0 Å². The molecule has 0 spiro atoms. The fourth-order valence-electron chi connectivity index (χ4n) is 7.91. The number of fused-ring (bicyclic) bond motifs is 3. The van der Waals surface area contributed by atoms with Gasteiger partial charge in [0.1, 0.15) is 28.6 Å². The Morgan fingerprint density at radius 1 is 1.10 bits per heavy atom. The number of ketones is 3. The summed E-state index contributed by atoms with van der Waals surface area (Å²) < 4.78 is 5.68. The second-order valence-electron chi connectivity index (χ2n) is 12.4. The van der Waals surface area contributed by atoms with Gasteiger partial charge in [-0.15, -0.1) is 0 Å². The van der Waals surface area contributed by atoms with Crippen LogP contribution in [0.25, 0.3) is 16.9 Å². The number of aliphatic hydroxyl groups excluding tert-OH is 2. The molecule has 8 heteroatoms. The first-order valence-corrected chi connectivity index (χ1v) is 13.9. The first kappa shape index (κ1) is 28.6. The Morgan fingerprint density at radius 2 is 1.78 bits per heavy atom. The molecule has 2 aromatic carbocycles. The van der Waals surface area contributed by atoms with Crippen molar-refractivity contribution in [3.63, 3.8) is 0 Å². The molecule has 4 atom stereocenters. The van der Waals surface area contributed by atoms with Gasteiger partial charge in [0.05, 0.1) is 12.2 Å². The molecular weight excluding hydrogens is 524 g/mol. The van der Waals surface area contributed by atoms with Crippen LogP contribution >= 0.6 is 0 Å². The summed E-state index contributed by atoms with van der Waals surface area (Å²) in [5.74, 6) is -4.73. The van der Waals surface area contributed by atoms with Crippen molar-refractivity contribution in [3.8, 4) is 22.6 Å². The summed E-state index contributed by atoms with van der Waals surface area (Å²) in [5, 5.41) is 46.0. The Hall–Kier alpha value is -3.91. The number of phenols is 1. The Balaban J connectivity index is 1.80. The molecule has 3 aliphatic rings. The first-order valence-electron chi connectivity index (χ1n) is 13.9. The average Bonchev–Trinajstić information content (AvgIpc) is 2.86. The van der Waals surface area contributed by atoms with E-state index in [9.17, 15) is 34.8 Å². The normalized spacial score (nSPS) is 29.3. The highest BCUT2D eigenvalue weighted by Crippen LogP contribution is 2.65. The van der Waals surface area contributed by atoms with Crippen molar-refractivity contribution in [1.82, 2.24) is 0 Å². The van der Waals surface area contributed by atoms with E-state index in [0.717, 1.165) is 18.1 Å². The summed E-state index contributed by atoms with van der Waals surface area (Å²) in [6.07, 6.45) is 0.240. The van der Waals surface area contributed by atoms with Crippen molar-refractivity contribution in [1.29, 1.82) is 0 Å². The van der Waals surface area contributed by atoms with Gasteiger partial charge < -0.3 is 25.2 Å². The number of ether oxygens (including phenoxy) is 1. The molecule has 5 rings (SSSR count). The van der Waals surface area contributed by atoms with Gasteiger partial charge in [0.2, 0.25) is 5.78 Å². The Morgan fingerprint density at radius 3 is 2.39 bits per heavy atom. The first-order chi connectivity index (χ1) is 19.1. The van der Waals surface area contributed by atoms with Crippen LogP contribution in [0.4, 0.5) is 0 Å². The number of rotatable bonds is 5. The zero-order valence-electron chi connectivity index (χ0n) is 24.2. The highest BCUT2D eigenvalue weighted by molar-refractivity contribution is 6.24. The minimum absolute atomic E-state index is 0.0407. The SMILES string of the molecule is CCOc1cccc(-c2ccc(O)c3c2C[C@]2(C)C[C@]4(C)C(C(C)C)C(=O)C(C(C)=O)=C(O)[C@]4(O)C(=O)C2=C3O)c1. The highest BCUT2D eigenvalue weighted by atomic mass is 16.5. The second-order valence-corrected chi connectivity index (χ2v) is 12.4. The van der Waals surface area contributed by atoms with Gasteiger partial charge in [0, 0.05) is 22.3 Å². The van der Waals surface area contributed by atoms with E-state index in [1.807, 2.05) is 31.2 Å². The number of aromatic hydroxyl groups is 1. The van der Waals surface area contributed by atoms with Crippen molar-refractivity contribution in [2.45, 2.75) is 60.0 Å². The molecule has 0 aliphatic heterocycles. The summed E-state index contributed by atoms with van der Waals surface area (Å²) >= 11 is 0. The number of Topliss-reactive ketones (excluding diaryl/α,β-unsaturated/α-hetero) is 3. The monoisotopic (exact) mass is 560 g/mol. The number of hydrogen-bond acceptors (Lipinski definition) is 8. The lowest BCUT2D eigenvalue weighted by Gasteiger charge is -2.59. The molecule has 0 amide bonds. The number of hydrogen-bond donors (Lipinski definition) is 4. The van der Waals surface area contributed by atoms with E-state index >= 15 is 0 Å². The predicted molar refractivity (Wildman–Crippen MR) is 152 cm³/mol. The smallest absolute Gasteiger partial charge is 0.203 e. The maximum absolute atomic E-state index is 14.4. The molecule has 0 saturated heterocycles. The minimum Gasteiger partial charge on any atom is -0.508 e. The summed E-state index contributed by atoms with van der Waals surface area (Å²) in [6, 6.07) is 10.6. The van der Waals surface area contributed by atoms with Crippen LogP contribution in [-0.2, 0) is 20.8 Å². The van der Waals surface area contributed by atoms with E-state index in [1.54, 1.807) is 33.8 Å². The van der Waals surface area contributed by atoms with Crippen LogP contribution in [-0.4, -0.2) is 50.0 Å². The zero-order valence-corrected chi connectivity index (χ0v) is 24.2. The van der Waals surface area contributed by atoms with Crippen molar-refractivity contribution in [2.75, 3.05) is 6.61 Å². The standard InChI is InChI=1S/C33H36O8/c1-7-41-19-10-8-9-18(13-19)20-11-12-22(35)24-21(20)14-31(5)15-32(6)25(16(2)3)27(36)23(17(4)34)29(38)33(32,40)30(39)26(31)28(24)37/h8-13,16,25,35,37-38,40H,7,14-15H2,1-6H3/t25?,31-,32-,33+/m1/s1. The summed E-state index contributed by atoms with van der Waals surface area (Å²) in [7, 11) is 0. The number of phenolic OH excluding ortho intramolecular Hbond substituents is 1. The molecule has 0 heterocycles. The molecule has 0 aromatic heterocycles. The second kappa shape index (κ2) is 9.31. The fourth-order valence-corrected chi connectivity index (χ4v) is 7.91. The van der Waals surface area contributed by atoms with Crippen LogP contribution in [0, 0.1) is 22.7 Å². The Bertz CT molecular complexity index is 1580. The van der Waals surface area contributed by atoms with Crippen LogP contribution in [0.3, 0.4) is 0 Å². The highest BCUT2D eigenvalue weighted by Gasteiger charge is 2.72. The fraction of sp³-hybridized carbons (Fsp3) is 0.424. The zero-order chi connectivity index (χ0) is 30.2. The van der Waals surface area contributed by atoms with E-state index in [-0.39, 0.29) is 35.6 Å². The van der Waals surface area contributed by atoms with Crippen molar-refractivity contribution in [2.24, 2.45) is 22.7 Å². The molecule has 4 N–H and O–H groups in total. The summed E-state index contributed by atoms with van der Waals surface area (Å²) in [6.45, 7) is 10.4. The van der Waals surface area contributed by atoms with E-state index in [4.69, 9.17) is 4.74 Å². The van der Waals surface area contributed by atoms with Crippen molar-refractivity contribution >= 4 is 23.1 Å². The summed E-state index contributed by atoms with van der Waals surface area (Å²) in [5.41, 5.74) is -3.75. The molecule has 3 aliphatic carbocycles. The maximum Gasteiger partial charge on any atom is 0.203 e. The van der Waals surface area contributed by atoms with Crippen molar-refractivity contribution < 1.29 is 39.5 Å². The molecular formula is C33H36O8. The molecule has 8 nitrogen and oxygen atoms in total. The van der Waals surface area contributed by atoms with Crippen LogP contribution in [0.2, 0.25) is 0 Å². The lowest BCUT2D eigenvalue weighted by atomic mass is 9.43. The molecule has 0 bridgehead atoms. The molecule has 1 saturated carbocycles. The van der Waals surface area contributed by atoms with E-state index in [0.29, 0.717) is 17.9 Å². The molecule has 41 heavy (non-hydrogen) atoms. The minimum atomic E-state index is -2.63. The third kappa shape index (κ3) is 3.73. The molecule has 1 fully saturated rings. The van der Waals surface area contributed by atoms with Gasteiger partial charge in [0.15, 0.2) is 17.2 Å². The van der Waals surface area contributed by atoms with E-state index < -0.39 is 56.8 Å². The topological polar surface area (TPSA) is 141 Å². The van der Waals surface area contributed by atoms with Crippen LogP contribution in [0.15, 0.2) is 53.3 Å². The Kier molecular flexibility index (Phi) is 6.50. The Labute approximate surface area is 239 Å². The van der Waals surface area contributed by atoms with Gasteiger partial charge in [-0.1, -0.05) is 45.9 Å². The van der Waals surface area contributed by atoms with E-state index in [2.05, 4.69) is 0 Å². The summed E-state index contributed by atoms with van der Waals surface area (Å²) in [4.78, 5) is 40.6. The molecule has 216 valence electrons. The van der Waals surface area contributed by atoms with Gasteiger partial charge in [-0.25, -0.2) is 0 Å². The lowest BCUT2D eigenvalue weighted by molar-refractivity contribution is -0.178.